The molecular formula is C31H28ClN5O3S. The number of nitrogens with one attached hydrogen (secondary N) is 1. The number of rotatable bonds is 4. The van der Waals surface area contributed by atoms with Gasteiger partial charge in [-0.3, -0.25) is 9.69 Å². The molecular weight excluding hydrogens is 558 g/mol. The van der Waals surface area contributed by atoms with Crippen LogP contribution in [0.25, 0.3) is 21.3 Å². The van der Waals surface area contributed by atoms with Gasteiger partial charge in [-0.15, -0.1) is 0 Å². The van der Waals surface area contributed by atoms with Crippen LogP contribution in [0.3, 0.4) is 0 Å². The monoisotopic (exact) mass is 585 g/mol. The van der Waals surface area contributed by atoms with Crippen molar-refractivity contribution in [1.29, 1.82) is 0 Å². The van der Waals surface area contributed by atoms with Crippen LogP contribution in [-0.4, -0.2) is 58.7 Å². The van der Waals surface area contributed by atoms with Gasteiger partial charge in [-0.05, 0) is 52.6 Å². The maximum atomic E-state index is 13.0. The van der Waals surface area contributed by atoms with Gasteiger partial charge in [0, 0.05) is 42.5 Å². The molecule has 0 saturated heterocycles. The number of thiazole rings is 1. The second-order valence-electron chi connectivity index (χ2n) is 9.80. The zero-order valence-corrected chi connectivity index (χ0v) is 23.8. The van der Waals surface area contributed by atoms with Crippen LogP contribution in [0.2, 0.25) is 5.02 Å². The number of nitrogens with zero attached hydrogens (tertiary/aromatic N) is 4. The molecule has 3 aromatic carbocycles. The molecule has 2 bridgehead atoms. The van der Waals surface area contributed by atoms with Gasteiger partial charge >= 0.3 is 0 Å². The molecule has 8 nitrogen and oxygen atoms in total. The Hall–Kier alpha value is -3.89. The van der Waals surface area contributed by atoms with E-state index in [1.165, 1.54) is 23.2 Å². The number of carbonyl (C=O) groups is 1. The molecule has 6 rings (SSSR count). The van der Waals surface area contributed by atoms with Gasteiger partial charge in [-0.1, -0.05) is 53.3 Å². The summed E-state index contributed by atoms with van der Waals surface area (Å²) in [4.78, 5) is 28.0. The summed E-state index contributed by atoms with van der Waals surface area (Å²) < 4.78 is 13.0. The van der Waals surface area contributed by atoms with Gasteiger partial charge in [-0.2, -0.15) is 0 Å². The van der Waals surface area contributed by atoms with Crippen molar-refractivity contribution in [2.24, 2.45) is 0 Å². The third-order valence-corrected chi connectivity index (χ3v) is 7.92. The average Bonchev–Trinajstić information content (AvgIpc) is 3.36. The molecule has 10 heteroatoms. The molecule has 2 aromatic heterocycles. The third kappa shape index (κ3) is 7.07. The Kier molecular flexibility index (Phi) is 8.48. The predicted octanol–water partition coefficient (Wildman–Crippen LogP) is 5.85. The minimum Gasteiger partial charge on any atom is -0.491 e. The first-order chi connectivity index (χ1) is 20.1. The lowest BCUT2D eigenvalue weighted by atomic mass is 9.98. The number of hydrogen-bond donors (Lipinski definition) is 1. The first-order valence-electron chi connectivity index (χ1n) is 13.3. The summed E-state index contributed by atoms with van der Waals surface area (Å²) in [6.45, 7) is 2.80. The summed E-state index contributed by atoms with van der Waals surface area (Å²) in [6.07, 6.45) is 5.85. The molecule has 208 valence electrons. The molecule has 0 spiro atoms. The molecule has 0 aliphatic carbocycles. The lowest BCUT2D eigenvalue weighted by Gasteiger charge is -2.22. The highest BCUT2D eigenvalue weighted by Gasteiger charge is 2.16. The normalized spacial score (nSPS) is 14.6. The molecule has 41 heavy (non-hydrogen) atoms. The maximum Gasteiger partial charge on any atom is 0.240 e. The average molecular weight is 586 g/mol. The van der Waals surface area contributed by atoms with Crippen LogP contribution in [0.4, 0.5) is 5.13 Å². The third-order valence-electron chi connectivity index (χ3n) is 6.75. The highest BCUT2D eigenvalue weighted by atomic mass is 35.5. The largest absolute Gasteiger partial charge is 0.491 e. The number of aromatic nitrogens is 3. The van der Waals surface area contributed by atoms with Crippen LogP contribution in [0.15, 0.2) is 79.4 Å². The topological polar surface area (TPSA) is 89.5 Å². The molecule has 0 radical (unpaired) electrons. The lowest BCUT2D eigenvalue weighted by molar-refractivity contribution is -0.117. The lowest BCUT2D eigenvalue weighted by Crippen LogP contribution is -2.35. The molecule has 3 heterocycles. The van der Waals surface area contributed by atoms with E-state index in [4.69, 9.17) is 21.1 Å². The summed E-state index contributed by atoms with van der Waals surface area (Å²) in [5.74, 6) is 0.717. The number of halogens is 1. The van der Waals surface area contributed by atoms with E-state index >= 15 is 0 Å². The molecule has 1 amide bonds. The zero-order valence-electron chi connectivity index (χ0n) is 22.3. The number of hydrogen-bond acceptors (Lipinski definition) is 8. The second-order valence-corrected chi connectivity index (χ2v) is 11.3. The first-order valence-corrected chi connectivity index (χ1v) is 14.5. The number of carbonyl (C=O) groups excluding carboxylic acids is 1. The Morgan fingerprint density at radius 3 is 2.76 bits per heavy atom. The Labute approximate surface area is 246 Å². The summed E-state index contributed by atoms with van der Waals surface area (Å²) in [5, 5.41) is 4.16. The number of ether oxygens (including phenoxy) is 2. The van der Waals surface area contributed by atoms with E-state index < -0.39 is 0 Å². The van der Waals surface area contributed by atoms with Crippen molar-refractivity contribution in [1.82, 2.24) is 19.9 Å². The minimum absolute atomic E-state index is 0.123. The number of fused-ring (bicyclic) bond motifs is 4. The van der Waals surface area contributed by atoms with Crippen LogP contribution in [-0.2, 0) is 22.5 Å². The van der Waals surface area contributed by atoms with Gasteiger partial charge in [0.25, 0.3) is 0 Å². The fourth-order valence-electron chi connectivity index (χ4n) is 4.84. The molecule has 0 saturated carbocycles. The molecule has 1 aliphatic heterocycles. The Balaban J connectivity index is 1.19. The molecule has 0 atom stereocenters. The van der Waals surface area contributed by atoms with E-state index in [1.54, 1.807) is 6.07 Å². The maximum absolute atomic E-state index is 13.0. The first kappa shape index (κ1) is 27.3. The number of benzene rings is 3. The van der Waals surface area contributed by atoms with Crippen molar-refractivity contribution in [3.8, 4) is 16.9 Å². The van der Waals surface area contributed by atoms with E-state index in [1.807, 2.05) is 36.7 Å². The smallest absolute Gasteiger partial charge is 0.240 e. The summed E-state index contributed by atoms with van der Waals surface area (Å²) >= 11 is 7.51. The minimum atomic E-state index is -0.123. The van der Waals surface area contributed by atoms with Gasteiger partial charge in [0.15, 0.2) is 5.13 Å². The Morgan fingerprint density at radius 2 is 1.85 bits per heavy atom. The van der Waals surface area contributed by atoms with E-state index in [0.29, 0.717) is 49.5 Å². The van der Waals surface area contributed by atoms with Crippen LogP contribution in [0, 0.1) is 0 Å². The van der Waals surface area contributed by atoms with Gasteiger partial charge < -0.3 is 14.8 Å². The second kappa shape index (κ2) is 12.7. The van der Waals surface area contributed by atoms with Crippen molar-refractivity contribution in [3.05, 3.63) is 101 Å². The van der Waals surface area contributed by atoms with Gasteiger partial charge in [0.05, 0.1) is 30.0 Å². The van der Waals surface area contributed by atoms with Crippen molar-refractivity contribution >= 4 is 44.2 Å². The number of anilines is 1. The van der Waals surface area contributed by atoms with Crippen molar-refractivity contribution in [2.45, 2.75) is 13.0 Å². The van der Waals surface area contributed by atoms with E-state index in [0.717, 1.165) is 38.2 Å². The molecule has 5 aromatic rings. The molecule has 0 unspecified atom stereocenters. The van der Waals surface area contributed by atoms with E-state index in [9.17, 15) is 4.79 Å². The Morgan fingerprint density at radius 1 is 0.976 bits per heavy atom. The standard InChI is InChI=1S/C31H28ClN5O3S/c32-26-5-6-27-29(15-26)41-31(35-27)36-30(38)19-37-8-9-39-10-11-40-28-7-4-23(25-16-33-20-34-17-25)14-24(28)13-21-2-1-3-22(12-21)18-37/h1-7,12,14-17,20H,8-11,13,18-19H2,(H,35,36,38). The fourth-order valence-corrected chi connectivity index (χ4v) is 5.99. The van der Waals surface area contributed by atoms with Gasteiger partial charge in [-0.25, -0.2) is 15.0 Å². The SMILES string of the molecule is O=C(CN1CCOCCOc2ccc(-c3cncnc3)cc2Cc2cccc(c2)C1)Nc1nc2ccc(Cl)cc2s1. The molecule has 0 fully saturated rings. The summed E-state index contributed by atoms with van der Waals surface area (Å²) in [7, 11) is 0. The van der Waals surface area contributed by atoms with Crippen LogP contribution in [0.1, 0.15) is 16.7 Å². The van der Waals surface area contributed by atoms with E-state index in [-0.39, 0.29) is 12.5 Å². The number of amides is 1. The quantitative estimate of drug-likeness (QED) is 0.283. The molecule has 1 aliphatic rings. The Bertz CT molecular complexity index is 1660. The van der Waals surface area contributed by atoms with Crippen molar-refractivity contribution < 1.29 is 14.3 Å². The highest BCUT2D eigenvalue weighted by molar-refractivity contribution is 7.22. The van der Waals surface area contributed by atoms with Crippen LogP contribution in [0.5, 0.6) is 5.75 Å². The summed E-state index contributed by atoms with van der Waals surface area (Å²) in [5.41, 5.74) is 6.17. The highest BCUT2D eigenvalue weighted by Crippen LogP contribution is 2.30. The van der Waals surface area contributed by atoms with Crippen molar-refractivity contribution in [3.63, 3.8) is 0 Å². The van der Waals surface area contributed by atoms with E-state index in [2.05, 4.69) is 55.5 Å². The fraction of sp³-hybridized carbons (Fsp3) is 0.226. The zero-order chi connectivity index (χ0) is 28.0. The van der Waals surface area contributed by atoms with Crippen molar-refractivity contribution in [2.75, 3.05) is 38.2 Å². The predicted molar refractivity (Wildman–Crippen MR) is 162 cm³/mol. The summed E-state index contributed by atoms with van der Waals surface area (Å²) in [6, 6.07) is 20.2. The van der Waals surface area contributed by atoms with Crippen LogP contribution < -0.4 is 10.1 Å². The van der Waals surface area contributed by atoms with Crippen LogP contribution >= 0.6 is 22.9 Å². The van der Waals surface area contributed by atoms with Gasteiger partial charge in [0.2, 0.25) is 5.91 Å². The molecule has 1 N–H and O–H groups in total. The van der Waals surface area contributed by atoms with Gasteiger partial charge in [0.1, 0.15) is 18.7 Å².